The number of carbonyl (C=O) groups excluding carboxylic acids is 1. The molecular formula is C11H13N5O. The third-order valence-electron chi connectivity index (χ3n) is 2.37. The van der Waals surface area contributed by atoms with Crippen LogP contribution >= 0.6 is 0 Å². The van der Waals surface area contributed by atoms with Crippen molar-refractivity contribution in [2.24, 2.45) is 0 Å². The summed E-state index contributed by atoms with van der Waals surface area (Å²) >= 11 is 0. The van der Waals surface area contributed by atoms with Crippen molar-refractivity contribution in [3.05, 3.63) is 42.0 Å². The second-order valence-electron chi connectivity index (χ2n) is 3.65. The number of amides is 1. The molecule has 6 nitrogen and oxygen atoms in total. The van der Waals surface area contributed by atoms with Crippen LogP contribution in [0.2, 0.25) is 0 Å². The zero-order valence-corrected chi connectivity index (χ0v) is 9.34. The van der Waals surface area contributed by atoms with Crippen LogP contribution in [-0.4, -0.2) is 21.1 Å². The van der Waals surface area contributed by atoms with Gasteiger partial charge in [0.25, 0.3) is 5.91 Å². The fraction of sp³-hybridized carbons (Fsp3) is 0.182. The molecular weight excluding hydrogens is 218 g/mol. The number of rotatable bonds is 3. The SMILES string of the molecule is CC(NC(=O)c1[nH]ncc1N)c1ccccn1. The predicted octanol–water partition coefficient (Wildman–Crippen LogP) is 0.878. The minimum Gasteiger partial charge on any atom is -0.396 e. The van der Waals surface area contributed by atoms with Gasteiger partial charge in [-0.15, -0.1) is 0 Å². The van der Waals surface area contributed by atoms with Crippen LogP contribution in [0.15, 0.2) is 30.6 Å². The Morgan fingerprint density at radius 2 is 2.35 bits per heavy atom. The molecule has 1 amide bonds. The van der Waals surface area contributed by atoms with Crippen molar-refractivity contribution in [2.45, 2.75) is 13.0 Å². The molecule has 0 aliphatic heterocycles. The van der Waals surface area contributed by atoms with Gasteiger partial charge in [0.15, 0.2) is 0 Å². The van der Waals surface area contributed by atoms with Crippen LogP contribution in [0, 0.1) is 0 Å². The highest BCUT2D eigenvalue weighted by atomic mass is 16.2. The van der Waals surface area contributed by atoms with Crippen molar-refractivity contribution < 1.29 is 4.79 Å². The van der Waals surface area contributed by atoms with E-state index in [1.54, 1.807) is 6.20 Å². The molecule has 0 saturated carbocycles. The smallest absolute Gasteiger partial charge is 0.271 e. The van der Waals surface area contributed by atoms with Gasteiger partial charge in [0.05, 0.1) is 23.6 Å². The zero-order chi connectivity index (χ0) is 12.3. The number of hydrogen-bond acceptors (Lipinski definition) is 4. The zero-order valence-electron chi connectivity index (χ0n) is 9.34. The van der Waals surface area contributed by atoms with Crippen molar-refractivity contribution in [2.75, 3.05) is 5.73 Å². The van der Waals surface area contributed by atoms with Gasteiger partial charge >= 0.3 is 0 Å². The highest BCUT2D eigenvalue weighted by molar-refractivity contribution is 5.97. The first kappa shape index (κ1) is 11.1. The van der Waals surface area contributed by atoms with Crippen molar-refractivity contribution in [1.82, 2.24) is 20.5 Å². The standard InChI is InChI=1S/C11H13N5O/c1-7(9-4-2-3-5-13-9)15-11(17)10-8(12)6-14-16-10/h2-7H,12H2,1H3,(H,14,16)(H,15,17). The molecule has 0 spiro atoms. The summed E-state index contributed by atoms with van der Waals surface area (Å²) in [6, 6.07) is 5.35. The van der Waals surface area contributed by atoms with E-state index in [-0.39, 0.29) is 17.6 Å². The Kier molecular flexibility index (Phi) is 3.04. The van der Waals surface area contributed by atoms with E-state index in [9.17, 15) is 4.79 Å². The molecule has 1 unspecified atom stereocenters. The maximum Gasteiger partial charge on any atom is 0.271 e. The van der Waals surface area contributed by atoms with Gasteiger partial charge in [-0.05, 0) is 19.1 Å². The monoisotopic (exact) mass is 231 g/mol. The molecule has 1 atom stereocenters. The number of hydrogen-bond donors (Lipinski definition) is 3. The van der Waals surface area contributed by atoms with E-state index in [1.807, 2.05) is 25.1 Å². The highest BCUT2D eigenvalue weighted by Gasteiger charge is 2.15. The number of nitrogens with zero attached hydrogens (tertiary/aromatic N) is 2. The van der Waals surface area contributed by atoms with E-state index in [0.717, 1.165) is 5.69 Å². The lowest BCUT2D eigenvalue weighted by Gasteiger charge is -2.12. The number of nitrogens with two attached hydrogens (primary N) is 1. The summed E-state index contributed by atoms with van der Waals surface area (Å²) in [5, 5.41) is 9.04. The number of nitrogen functional groups attached to an aromatic ring is 1. The topological polar surface area (TPSA) is 96.7 Å². The van der Waals surface area contributed by atoms with Gasteiger partial charge in [-0.2, -0.15) is 5.10 Å². The molecule has 2 aromatic rings. The minimum atomic E-state index is -0.293. The van der Waals surface area contributed by atoms with Gasteiger partial charge in [0.1, 0.15) is 5.69 Å². The molecule has 0 radical (unpaired) electrons. The molecule has 0 aliphatic rings. The molecule has 17 heavy (non-hydrogen) atoms. The number of anilines is 1. The molecule has 0 bridgehead atoms. The molecule has 88 valence electrons. The lowest BCUT2D eigenvalue weighted by Crippen LogP contribution is -2.28. The third kappa shape index (κ3) is 2.41. The van der Waals surface area contributed by atoms with Crippen LogP contribution in [0.1, 0.15) is 29.1 Å². The Balaban J connectivity index is 2.08. The molecule has 6 heteroatoms. The minimum absolute atomic E-state index is 0.189. The third-order valence-corrected chi connectivity index (χ3v) is 2.37. The van der Waals surface area contributed by atoms with E-state index in [1.165, 1.54) is 6.20 Å². The fourth-order valence-electron chi connectivity index (χ4n) is 1.45. The average Bonchev–Trinajstić information content (AvgIpc) is 2.76. The Bertz CT molecular complexity index is 508. The lowest BCUT2D eigenvalue weighted by molar-refractivity contribution is 0.0935. The van der Waals surface area contributed by atoms with Gasteiger partial charge in [-0.1, -0.05) is 6.07 Å². The van der Waals surface area contributed by atoms with Gasteiger partial charge in [-0.25, -0.2) is 0 Å². The summed E-state index contributed by atoms with van der Waals surface area (Å²) in [4.78, 5) is 16.0. The van der Waals surface area contributed by atoms with Crippen molar-refractivity contribution >= 4 is 11.6 Å². The molecule has 2 heterocycles. The first-order valence-electron chi connectivity index (χ1n) is 5.19. The van der Waals surface area contributed by atoms with Crippen molar-refractivity contribution in [1.29, 1.82) is 0 Å². The van der Waals surface area contributed by atoms with Gasteiger partial charge in [-0.3, -0.25) is 14.9 Å². The highest BCUT2D eigenvalue weighted by Crippen LogP contribution is 2.11. The van der Waals surface area contributed by atoms with E-state index < -0.39 is 0 Å². The van der Waals surface area contributed by atoms with E-state index >= 15 is 0 Å². The Labute approximate surface area is 98.3 Å². The first-order valence-corrected chi connectivity index (χ1v) is 5.19. The first-order chi connectivity index (χ1) is 8.18. The molecule has 4 N–H and O–H groups in total. The summed E-state index contributed by atoms with van der Waals surface area (Å²) in [5.41, 5.74) is 6.98. The molecule has 2 aromatic heterocycles. The molecule has 0 aromatic carbocycles. The number of nitrogens with one attached hydrogen (secondary N) is 2. The summed E-state index contributed by atoms with van der Waals surface area (Å²) in [7, 11) is 0. The summed E-state index contributed by atoms with van der Waals surface area (Å²) in [5.74, 6) is -0.293. The number of pyridine rings is 1. The van der Waals surface area contributed by atoms with Crippen molar-refractivity contribution in [3.8, 4) is 0 Å². The van der Waals surface area contributed by atoms with Gasteiger partial charge in [0.2, 0.25) is 0 Å². The van der Waals surface area contributed by atoms with E-state index in [2.05, 4.69) is 20.5 Å². The maximum absolute atomic E-state index is 11.8. The number of carbonyl (C=O) groups is 1. The van der Waals surface area contributed by atoms with Gasteiger partial charge in [0, 0.05) is 6.20 Å². The van der Waals surface area contributed by atoms with Crippen molar-refractivity contribution in [3.63, 3.8) is 0 Å². The Hall–Kier alpha value is -2.37. The summed E-state index contributed by atoms with van der Waals surface area (Å²) in [6.45, 7) is 1.85. The quantitative estimate of drug-likeness (QED) is 0.730. The van der Waals surface area contributed by atoms with Crippen LogP contribution in [0.3, 0.4) is 0 Å². The van der Waals surface area contributed by atoms with E-state index in [4.69, 9.17) is 5.73 Å². The molecule has 2 rings (SSSR count). The fourth-order valence-corrected chi connectivity index (χ4v) is 1.45. The molecule has 0 aliphatic carbocycles. The lowest BCUT2D eigenvalue weighted by atomic mass is 10.2. The van der Waals surface area contributed by atoms with Crippen LogP contribution < -0.4 is 11.1 Å². The Morgan fingerprint density at radius 3 is 2.94 bits per heavy atom. The van der Waals surface area contributed by atoms with Gasteiger partial charge < -0.3 is 11.1 Å². The molecule has 0 saturated heterocycles. The number of aromatic amines is 1. The van der Waals surface area contributed by atoms with Crippen LogP contribution in [0.4, 0.5) is 5.69 Å². The molecule has 0 fully saturated rings. The number of H-pyrrole nitrogens is 1. The second-order valence-corrected chi connectivity index (χ2v) is 3.65. The average molecular weight is 231 g/mol. The van der Waals surface area contributed by atoms with Crippen LogP contribution in [0.5, 0.6) is 0 Å². The summed E-state index contributed by atoms with van der Waals surface area (Å²) < 4.78 is 0. The second kappa shape index (κ2) is 4.65. The Morgan fingerprint density at radius 1 is 1.53 bits per heavy atom. The number of aromatic nitrogens is 3. The largest absolute Gasteiger partial charge is 0.396 e. The predicted molar refractivity (Wildman–Crippen MR) is 63.1 cm³/mol. The normalized spacial score (nSPS) is 12.1. The maximum atomic E-state index is 11.8. The van der Waals surface area contributed by atoms with Crippen LogP contribution in [-0.2, 0) is 0 Å². The van der Waals surface area contributed by atoms with E-state index in [0.29, 0.717) is 5.69 Å². The summed E-state index contributed by atoms with van der Waals surface area (Å²) in [6.07, 6.45) is 3.09. The van der Waals surface area contributed by atoms with Crippen LogP contribution in [0.25, 0.3) is 0 Å².